The van der Waals surface area contributed by atoms with Crippen molar-refractivity contribution in [1.82, 2.24) is 10.2 Å². The van der Waals surface area contributed by atoms with Crippen LogP contribution in [0.4, 0.5) is 0 Å². The van der Waals surface area contributed by atoms with Gasteiger partial charge in [0.1, 0.15) is 12.4 Å². The zero-order chi connectivity index (χ0) is 27.5. The lowest BCUT2D eigenvalue weighted by atomic mass is 9.89. The lowest BCUT2D eigenvalue weighted by Crippen LogP contribution is -2.43. The molecule has 0 unspecified atom stereocenters. The van der Waals surface area contributed by atoms with E-state index in [0.29, 0.717) is 40.9 Å². The third-order valence-corrected chi connectivity index (χ3v) is 7.90. The fourth-order valence-electron chi connectivity index (χ4n) is 5.82. The highest BCUT2D eigenvalue weighted by Gasteiger charge is 2.33. The molecule has 3 aliphatic rings. The molecule has 3 aliphatic heterocycles. The van der Waals surface area contributed by atoms with E-state index in [1.807, 2.05) is 30.3 Å². The Morgan fingerprint density at radius 3 is 2.40 bits per heavy atom. The number of hydrogen-bond donors (Lipinski definition) is 1. The van der Waals surface area contributed by atoms with Gasteiger partial charge in [-0.1, -0.05) is 18.9 Å². The molecule has 0 radical (unpaired) electrons. The minimum absolute atomic E-state index is 0.163. The van der Waals surface area contributed by atoms with Crippen molar-refractivity contribution in [3.05, 3.63) is 41.5 Å². The van der Waals surface area contributed by atoms with E-state index in [1.54, 1.807) is 14.2 Å². The Morgan fingerprint density at radius 2 is 1.60 bits per heavy atom. The molecule has 3 aromatic rings. The van der Waals surface area contributed by atoms with Gasteiger partial charge in [-0.15, -0.1) is 0 Å². The van der Waals surface area contributed by atoms with Crippen molar-refractivity contribution in [1.29, 1.82) is 0 Å². The summed E-state index contributed by atoms with van der Waals surface area (Å²) in [6, 6.07) is 9.54. The zero-order valence-electron chi connectivity index (χ0n) is 23.2. The molecule has 9 nitrogen and oxygen atoms in total. The summed E-state index contributed by atoms with van der Waals surface area (Å²) >= 11 is 0. The Kier molecular flexibility index (Phi) is 7.84. The molecule has 0 amide bonds. The average Bonchev–Trinajstić information content (AvgIpc) is 3.62. The lowest BCUT2D eigenvalue weighted by molar-refractivity contribution is 0.0534. The Balaban J connectivity index is 1.29. The van der Waals surface area contributed by atoms with Gasteiger partial charge in [-0.05, 0) is 54.6 Å². The molecule has 212 valence electrons. The van der Waals surface area contributed by atoms with Gasteiger partial charge in [-0.3, -0.25) is 0 Å². The van der Waals surface area contributed by atoms with Crippen molar-refractivity contribution in [2.24, 2.45) is 0 Å². The first-order valence-electron chi connectivity index (χ1n) is 14.1. The van der Waals surface area contributed by atoms with E-state index >= 15 is 0 Å². The van der Waals surface area contributed by atoms with Crippen LogP contribution < -0.4 is 29.0 Å². The standard InChI is InChI=1S/C31H36N2O7/c1-35-25-16-21-22(17-26(25)36-2)30(37-14-6-4-3-5-11-33-12-9-32-10-13-33)23-18-38-31(34)29(23)28(21)20-7-8-24-27(15-20)40-19-39-24/h7-8,15-17,32H,3-6,9-14,18-19H2,1-2H3. The number of nitrogens with one attached hydrogen (secondary N) is 1. The summed E-state index contributed by atoms with van der Waals surface area (Å²) in [4.78, 5) is 15.7. The molecule has 0 spiro atoms. The van der Waals surface area contributed by atoms with Gasteiger partial charge < -0.3 is 38.6 Å². The number of carbonyl (C=O) groups is 1. The number of piperazine rings is 1. The molecule has 1 saturated heterocycles. The molecule has 9 heteroatoms. The summed E-state index contributed by atoms with van der Waals surface area (Å²) < 4.78 is 34.5. The van der Waals surface area contributed by atoms with Crippen molar-refractivity contribution >= 4 is 16.7 Å². The van der Waals surface area contributed by atoms with Gasteiger partial charge in [-0.2, -0.15) is 0 Å². The van der Waals surface area contributed by atoms with Gasteiger partial charge in [0.05, 0.1) is 26.4 Å². The molecule has 0 bridgehead atoms. The van der Waals surface area contributed by atoms with E-state index in [9.17, 15) is 4.79 Å². The van der Waals surface area contributed by atoms with Crippen LogP contribution in [0.15, 0.2) is 30.3 Å². The quantitative estimate of drug-likeness (QED) is 0.269. The molecule has 0 aromatic heterocycles. The van der Waals surface area contributed by atoms with Crippen molar-refractivity contribution in [3.8, 4) is 39.9 Å². The second-order valence-electron chi connectivity index (χ2n) is 10.3. The van der Waals surface area contributed by atoms with Gasteiger partial charge >= 0.3 is 5.97 Å². The Hall–Kier alpha value is -3.69. The van der Waals surface area contributed by atoms with Crippen molar-refractivity contribution in [2.75, 3.05) is 60.3 Å². The van der Waals surface area contributed by atoms with Crippen LogP contribution in [-0.4, -0.2) is 71.2 Å². The zero-order valence-corrected chi connectivity index (χ0v) is 23.2. The number of nitrogens with zero attached hydrogens (tertiary/aromatic N) is 1. The summed E-state index contributed by atoms with van der Waals surface area (Å²) in [6.45, 7) is 6.50. The molecule has 1 N–H and O–H groups in total. The van der Waals surface area contributed by atoms with Gasteiger partial charge in [0, 0.05) is 42.7 Å². The van der Waals surface area contributed by atoms with Crippen LogP contribution in [0, 0.1) is 0 Å². The van der Waals surface area contributed by atoms with Crippen LogP contribution in [0.1, 0.15) is 41.6 Å². The van der Waals surface area contributed by atoms with E-state index in [0.717, 1.165) is 73.0 Å². The maximum absolute atomic E-state index is 13.1. The summed E-state index contributed by atoms with van der Waals surface area (Å²) in [5, 5.41) is 5.07. The predicted molar refractivity (Wildman–Crippen MR) is 151 cm³/mol. The highest BCUT2D eigenvalue weighted by molar-refractivity contribution is 6.14. The van der Waals surface area contributed by atoms with E-state index in [4.69, 9.17) is 28.4 Å². The van der Waals surface area contributed by atoms with E-state index in [-0.39, 0.29) is 19.4 Å². The molecule has 0 aliphatic carbocycles. The fraction of sp³-hybridized carbons (Fsp3) is 0.452. The van der Waals surface area contributed by atoms with Crippen molar-refractivity contribution < 1.29 is 33.2 Å². The normalized spacial score (nSPS) is 16.2. The number of esters is 1. The molecule has 1 fully saturated rings. The number of methoxy groups -OCH3 is 2. The lowest BCUT2D eigenvalue weighted by Gasteiger charge is -2.27. The van der Waals surface area contributed by atoms with Crippen molar-refractivity contribution in [3.63, 3.8) is 0 Å². The summed E-state index contributed by atoms with van der Waals surface area (Å²) in [7, 11) is 3.22. The first-order chi connectivity index (χ1) is 19.7. The van der Waals surface area contributed by atoms with Crippen LogP contribution in [0.25, 0.3) is 21.9 Å². The smallest absolute Gasteiger partial charge is 0.339 e. The number of unbranched alkanes of at least 4 members (excludes halogenated alkanes) is 3. The number of ether oxygens (including phenoxy) is 6. The SMILES string of the molecule is COc1cc2c(OCCCCCCN3CCNCC3)c3c(c(-c4ccc5c(c4)OCO5)c2cc1OC)C(=O)OC3. The Morgan fingerprint density at radius 1 is 0.850 bits per heavy atom. The van der Waals surface area contributed by atoms with E-state index < -0.39 is 0 Å². The number of hydrogen-bond acceptors (Lipinski definition) is 9. The molecule has 0 atom stereocenters. The monoisotopic (exact) mass is 548 g/mol. The molecular weight excluding hydrogens is 512 g/mol. The molecule has 6 rings (SSSR count). The first-order valence-corrected chi connectivity index (χ1v) is 14.1. The number of benzene rings is 3. The van der Waals surface area contributed by atoms with Crippen LogP contribution in [0.3, 0.4) is 0 Å². The van der Waals surface area contributed by atoms with Crippen molar-refractivity contribution in [2.45, 2.75) is 32.3 Å². The third kappa shape index (κ3) is 5.11. The third-order valence-electron chi connectivity index (χ3n) is 7.90. The number of rotatable bonds is 11. The van der Waals surface area contributed by atoms with Gasteiger partial charge in [-0.25, -0.2) is 4.79 Å². The number of cyclic esters (lactones) is 1. The average molecular weight is 549 g/mol. The maximum Gasteiger partial charge on any atom is 0.339 e. The van der Waals surface area contributed by atoms with Gasteiger partial charge in [0.2, 0.25) is 6.79 Å². The Bertz CT molecular complexity index is 1400. The molecular formula is C31H36N2O7. The second kappa shape index (κ2) is 11.8. The predicted octanol–water partition coefficient (Wildman–Crippen LogP) is 4.77. The highest BCUT2D eigenvalue weighted by Crippen LogP contribution is 2.49. The van der Waals surface area contributed by atoms with Crippen LogP contribution in [0.2, 0.25) is 0 Å². The van der Waals surface area contributed by atoms with Crippen LogP contribution in [-0.2, 0) is 11.3 Å². The largest absolute Gasteiger partial charge is 0.493 e. The summed E-state index contributed by atoms with van der Waals surface area (Å²) in [5.74, 6) is 2.79. The maximum atomic E-state index is 13.1. The number of fused-ring (bicyclic) bond motifs is 3. The summed E-state index contributed by atoms with van der Waals surface area (Å²) in [5.41, 5.74) is 2.86. The second-order valence-corrected chi connectivity index (χ2v) is 10.3. The van der Waals surface area contributed by atoms with Crippen LogP contribution >= 0.6 is 0 Å². The summed E-state index contributed by atoms with van der Waals surface area (Å²) in [6.07, 6.45) is 4.39. The topological polar surface area (TPSA) is 87.7 Å². The minimum Gasteiger partial charge on any atom is -0.493 e. The molecule has 3 aromatic carbocycles. The number of carbonyl (C=O) groups excluding carboxylic acids is 1. The van der Waals surface area contributed by atoms with Crippen LogP contribution in [0.5, 0.6) is 28.7 Å². The van der Waals surface area contributed by atoms with E-state index in [2.05, 4.69) is 10.2 Å². The molecule has 40 heavy (non-hydrogen) atoms. The Labute approximate surface area is 234 Å². The fourth-order valence-corrected chi connectivity index (χ4v) is 5.82. The van der Waals surface area contributed by atoms with Gasteiger partial charge in [0.15, 0.2) is 23.0 Å². The highest BCUT2D eigenvalue weighted by atomic mass is 16.7. The molecule has 0 saturated carbocycles. The van der Waals surface area contributed by atoms with Gasteiger partial charge in [0.25, 0.3) is 0 Å². The van der Waals surface area contributed by atoms with E-state index in [1.165, 1.54) is 12.8 Å². The first kappa shape index (κ1) is 26.5. The minimum atomic E-state index is -0.364. The molecule has 3 heterocycles.